The maximum absolute atomic E-state index is 12.3. The van der Waals surface area contributed by atoms with Gasteiger partial charge in [0.1, 0.15) is 0 Å². The van der Waals surface area contributed by atoms with Gasteiger partial charge in [-0.15, -0.1) is 11.3 Å². The number of thiazole rings is 1. The van der Waals surface area contributed by atoms with Crippen molar-refractivity contribution >= 4 is 22.4 Å². The van der Waals surface area contributed by atoms with Gasteiger partial charge < -0.3 is 0 Å². The van der Waals surface area contributed by atoms with Crippen LogP contribution in [-0.4, -0.2) is 10.9 Å². The third-order valence-corrected chi connectivity index (χ3v) is 4.78. The van der Waals surface area contributed by atoms with Gasteiger partial charge in [-0.05, 0) is 29.2 Å². The fourth-order valence-corrected chi connectivity index (χ4v) is 3.04. The molecule has 0 radical (unpaired) electrons. The minimum atomic E-state index is -0.130. The van der Waals surface area contributed by atoms with Crippen molar-refractivity contribution in [2.24, 2.45) is 0 Å². The molecule has 2 aromatic carbocycles. The second-order valence-corrected chi connectivity index (χ2v) is 6.68. The van der Waals surface area contributed by atoms with Gasteiger partial charge in [0.2, 0.25) is 0 Å². The monoisotopic (exact) mass is 322 g/mol. The quantitative estimate of drug-likeness (QED) is 0.718. The van der Waals surface area contributed by atoms with Crippen LogP contribution in [0.15, 0.2) is 60.8 Å². The highest BCUT2D eigenvalue weighted by atomic mass is 32.1. The zero-order valence-electron chi connectivity index (χ0n) is 13.1. The van der Waals surface area contributed by atoms with E-state index in [1.807, 2.05) is 48.7 Å². The van der Waals surface area contributed by atoms with Gasteiger partial charge in [-0.25, -0.2) is 4.98 Å². The van der Waals surface area contributed by atoms with Crippen molar-refractivity contribution in [3.63, 3.8) is 0 Å². The predicted molar refractivity (Wildman–Crippen MR) is 96.0 cm³/mol. The van der Waals surface area contributed by atoms with E-state index in [1.54, 1.807) is 0 Å². The van der Waals surface area contributed by atoms with Crippen LogP contribution in [0.25, 0.3) is 11.1 Å². The van der Waals surface area contributed by atoms with Gasteiger partial charge in [0.15, 0.2) is 5.13 Å². The molecule has 0 saturated heterocycles. The van der Waals surface area contributed by atoms with Crippen molar-refractivity contribution in [1.82, 2.24) is 4.98 Å². The van der Waals surface area contributed by atoms with Crippen LogP contribution in [0.1, 0.15) is 35.0 Å². The lowest BCUT2D eigenvalue weighted by Crippen LogP contribution is -2.11. The maximum atomic E-state index is 12.3. The Kier molecular flexibility index (Phi) is 4.53. The van der Waals surface area contributed by atoms with Gasteiger partial charge in [0.05, 0.1) is 0 Å². The van der Waals surface area contributed by atoms with Crippen molar-refractivity contribution in [2.45, 2.75) is 19.8 Å². The van der Waals surface area contributed by atoms with E-state index < -0.39 is 0 Å². The van der Waals surface area contributed by atoms with Gasteiger partial charge in [0.25, 0.3) is 5.91 Å². The Balaban J connectivity index is 1.72. The van der Waals surface area contributed by atoms with Crippen molar-refractivity contribution < 1.29 is 4.79 Å². The summed E-state index contributed by atoms with van der Waals surface area (Å²) in [5.41, 5.74) is 2.87. The summed E-state index contributed by atoms with van der Waals surface area (Å²) in [6, 6.07) is 17.7. The number of carbonyl (C=O) groups is 1. The van der Waals surface area contributed by atoms with Gasteiger partial charge in [-0.1, -0.05) is 56.3 Å². The first kappa shape index (κ1) is 15.4. The van der Waals surface area contributed by atoms with E-state index in [4.69, 9.17) is 0 Å². The first-order valence-electron chi connectivity index (χ1n) is 7.56. The summed E-state index contributed by atoms with van der Waals surface area (Å²) >= 11 is 1.52. The van der Waals surface area contributed by atoms with Gasteiger partial charge >= 0.3 is 0 Å². The molecule has 3 nitrogen and oxygen atoms in total. The molecule has 1 amide bonds. The molecule has 1 aromatic heterocycles. The first-order valence-corrected chi connectivity index (χ1v) is 8.37. The van der Waals surface area contributed by atoms with Gasteiger partial charge in [-0.2, -0.15) is 0 Å². The molecule has 23 heavy (non-hydrogen) atoms. The molecular formula is C19H18N2OS. The Labute approximate surface area is 140 Å². The molecule has 116 valence electrons. The lowest BCUT2D eigenvalue weighted by atomic mass is 10.0. The second kappa shape index (κ2) is 6.75. The van der Waals surface area contributed by atoms with Gasteiger partial charge in [-0.3, -0.25) is 10.1 Å². The largest absolute Gasteiger partial charge is 0.298 e. The molecule has 3 aromatic rings. The summed E-state index contributed by atoms with van der Waals surface area (Å²) < 4.78 is 0. The lowest BCUT2D eigenvalue weighted by Gasteiger charge is -2.04. The SMILES string of the molecule is CC(C)c1cnc(NC(=O)c2ccc(-c3ccccc3)cc2)s1. The molecule has 0 aliphatic rings. The molecule has 3 rings (SSSR count). The minimum Gasteiger partial charge on any atom is -0.298 e. The van der Waals surface area contributed by atoms with Crippen molar-refractivity contribution in [3.05, 3.63) is 71.2 Å². The van der Waals surface area contributed by atoms with E-state index in [2.05, 4.69) is 36.3 Å². The van der Waals surface area contributed by atoms with Crippen LogP contribution in [0.4, 0.5) is 5.13 Å². The Morgan fingerprint density at radius 3 is 2.26 bits per heavy atom. The highest BCUT2D eigenvalue weighted by Gasteiger charge is 2.10. The van der Waals surface area contributed by atoms with Crippen molar-refractivity contribution in [2.75, 3.05) is 5.32 Å². The minimum absolute atomic E-state index is 0.130. The second-order valence-electron chi connectivity index (χ2n) is 5.62. The molecule has 0 aliphatic carbocycles. The zero-order valence-corrected chi connectivity index (χ0v) is 13.9. The molecule has 4 heteroatoms. The van der Waals surface area contributed by atoms with Crippen LogP contribution in [0.3, 0.4) is 0 Å². The Morgan fingerprint density at radius 1 is 1.00 bits per heavy atom. The summed E-state index contributed by atoms with van der Waals surface area (Å²) in [5.74, 6) is 0.289. The summed E-state index contributed by atoms with van der Waals surface area (Å²) in [7, 11) is 0. The molecule has 1 heterocycles. The normalized spacial score (nSPS) is 10.7. The lowest BCUT2D eigenvalue weighted by molar-refractivity contribution is 0.102. The summed E-state index contributed by atoms with van der Waals surface area (Å²) in [6.07, 6.45) is 1.82. The fraction of sp³-hybridized carbons (Fsp3) is 0.158. The standard InChI is InChI=1S/C19H18N2OS/c1-13(2)17-12-20-19(23-17)21-18(22)16-10-8-15(9-11-16)14-6-4-3-5-7-14/h3-13H,1-2H3,(H,20,21,22). The zero-order chi connectivity index (χ0) is 16.2. The van der Waals surface area contributed by atoms with Crippen LogP contribution in [-0.2, 0) is 0 Å². The molecule has 0 spiro atoms. The Morgan fingerprint density at radius 2 is 1.65 bits per heavy atom. The Hall–Kier alpha value is -2.46. The first-order chi connectivity index (χ1) is 11.1. The van der Waals surface area contributed by atoms with E-state index in [-0.39, 0.29) is 5.91 Å². The average Bonchev–Trinajstić information content (AvgIpc) is 3.04. The Bertz CT molecular complexity index is 792. The number of hydrogen-bond donors (Lipinski definition) is 1. The number of anilines is 1. The molecular weight excluding hydrogens is 304 g/mol. The van der Waals surface area contributed by atoms with E-state index in [0.717, 1.165) is 11.1 Å². The maximum Gasteiger partial charge on any atom is 0.257 e. The summed E-state index contributed by atoms with van der Waals surface area (Å²) in [5, 5.41) is 3.51. The van der Waals surface area contributed by atoms with E-state index in [9.17, 15) is 4.79 Å². The molecule has 1 N–H and O–H groups in total. The summed E-state index contributed by atoms with van der Waals surface area (Å²) in [6.45, 7) is 4.23. The molecule has 0 aliphatic heterocycles. The van der Waals surface area contributed by atoms with E-state index in [1.165, 1.54) is 16.2 Å². The third kappa shape index (κ3) is 3.66. The highest BCUT2D eigenvalue weighted by Crippen LogP contribution is 2.26. The molecule has 0 bridgehead atoms. The predicted octanol–water partition coefficient (Wildman–Crippen LogP) is 5.19. The van der Waals surface area contributed by atoms with Crippen molar-refractivity contribution in [3.8, 4) is 11.1 Å². The highest BCUT2D eigenvalue weighted by molar-refractivity contribution is 7.15. The topological polar surface area (TPSA) is 42.0 Å². The smallest absolute Gasteiger partial charge is 0.257 e. The number of hydrogen-bond acceptors (Lipinski definition) is 3. The molecule has 0 unspecified atom stereocenters. The van der Waals surface area contributed by atoms with E-state index in [0.29, 0.717) is 16.6 Å². The molecule has 0 atom stereocenters. The fourth-order valence-electron chi connectivity index (χ4n) is 2.23. The van der Waals surface area contributed by atoms with Crippen LogP contribution in [0.2, 0.25) is 0 Å². The summed E-state index contributed by atoms with van der Waals surface area (Å²) in [4.78, 5) is 17.7. The average molecular weight is 322 g/mol. The number of carbonyl (C=O) groups excluding carboxylic acids is 1. The number of benzene rings is 2. The molecule has 0 fully saturated rings. The number of rotatable bonds is 4. The van der Waals surface area contributed by atoms with Crippen LogP contribution in [0.5, 0.6) is 0 Å². The number of amides is 1. The number of nitrogens with zero attached hydrogens (tertiary/aromatic N) is 1. The third-order valence-electron chi connectivity index (χ3n) is 3.57. The van der Waals surface area contributed by atoms with Crippen LogP contribution < -0.4 is 5.32 Å². The van der Waals surface area contributed by atoms with Crippen LogP contribution >= 0.6 is 11.3 Å². The van der Waals surface area contributed by atoms with Crippen LogP contribution in [0, 0.1) is 0 Å². The van der Waals surface area contributed by atoms with Gasteiger partial charge in [0, 0.05) is 16.6 Å². The molecule has 0 saturated carbocycles. The number of aromatic nitrogens is 1. The van der Waals surface area contributed by atoms with E-state index >= 15 is 0 Å². The number of nitrogens with one attached hydrogen (secondary N) is 1. The van der Waals surface area contributed by atoms with Crippen molar-refractivity contribution in [1.29, 1.82) is 0 Å².